The molecule has 24 heavy (non-hydrogen) atoms. The molecule has 1 aromatic carbocycles. The van der Waals surface area contributed by atoms with Crippen LogP contribution in [0.1, 0.15) is 29.8 Å². The Morgan fingerprint density at radius 2 is 2.04 bits per heavy atom. The fraction of sp³-hybridized carbons (Fsp3) is 0.167. The van der Waals surface area contributed by atoms with Gasteiger partial charge in [0.05, 0.1) is 11.7 Å². The molecular weight excluding hydrogens is 302 g/mol. The fourth-order valence-electron chi connectivity index (χ4n) is 2.79. The van der Waals surface area contributed by atoms with E-state index in [9.17, 15) is 4.91 Å². The van der Waals surface area contributed by atoms with Crippen LogP contribution in [0, 0.1) is 4.91 Å². The maximum absolute atomic E-state index is 10.8. The number of fused-ring (bicyclic) bond motifs is 2. The van der Waals surface area contributed by atoms with Gasteiger partial charge in [-0.3, -0.25) is 9.38 Å². The van der Waals surface area contributed by atoms with E-state index in [4.69, 9.17) is 0 Å². The predicted molar refractivity (Wildman–Crippen MR) is 91.7 cm³/mol. The van der Waals surface area contributed by atoms with Crippen molar-refractivity contribution in [2.45, 2.75) is 19.4 Å². The normalized spacial score (nSPS) is 12.5. The van der Waals surface area contributed by atoms with Gasteiger partial charge in [-0.25, -0.2) is 9.97 Å². The summed E-state index contributed by atoms with van der Waals surface area (Å²) in [6.07, 6.45) is 7.87. The number of pyridine rings is 1. The van der Waals surface area contributed by atoms with Crippen LogP contribution in [-0.2, 0) is 6.42 Å². The number of nitrogens with zero attached hydrogens (tertiary/aromatic N) is 5. The largest absolute Gasteiger partial charge is 0.287 e. The number of aromatic nitrogens is 4. The highest BCUT2D eigenvalue weighted by Gasteiger charge is 2.10. The molecule has 0 aliphatic carbocycles. The van der Waals surface area contributed by atoms with E-state index in [-0.39, 0.29) is 0 Å². The molecule has 0 radical (unpaired) electrons. The van der Waals surface area contributed by atoms with Gasteiger partial charge in [0.25, 0.3) is 0 Å². The Balaban J connectivity index is 1.73. The maximum Gasteiger partial charge on any atom is 0.233 e. The van der Waals surface area contributed by atoms with Crippen molar-refractivity contribution in [3.63, 3.8) is 0 Å². The molecule has 1 atom stereocenters. The van der Waals surface area contributed by atoms with E-state index in [0.717, 1.165) is 28.6 Å². The van der Waals surface area contributed by atoms with Gasteiger partial charge < -0.3 is 0 Å². The van der Waals surface area contributed by atoms with E-state index >= 15 is 0 Å². The highest BCUT2D eigenvalue weighted by atomic mass is 16.3. The minimum absolute atomic E-state index is 0.427. The van der Waals surface area contributed by atoms with Crippen LogP contribution in [0.2, 0.25) is 0 Å². The summed E-state index contributed by atoms with van der Waals surface area (Å²) in [5, 5.41) is 4.18. The van der Waals surface area contributed by atoms with E-state index < -0.39 is 6.04 Å². The standard InChI is InChI=1S/C18H15N5O/c1-12(22-24)15-9-20-18-21-10-16(23(18)11-15)8-13-4-5-17-14(7-13)3-2-6-19-17/h2-7,9-12H,8H2,1H3. The molecule has 1 unspecified atom stereocenters. The van der Waals surface area contributed by atoms with Crippen LogP contribution < -0.4 is 0 Å². The monoisotopic (exact) mass is 317 g/mol. The van der Waals surface area contributed by atoms with Crippen LogP contribution in [0.4, 0.5) is 0 Å². The molecule has 0 aliphatic heterocycles. The van der Waals surface area contributed by atoms with Gasteiger partial charge in [-0.15, -0.1) is 0 Å². The van der Waals surface area contributed by atoms with Crippen LogP contribution in [0.3, 0.4) is 0 Å². The molecule has 0 aliphatic rings. The summed E-state index contributed by atoms with van der Waals surface area (Å²) in [6, 6.07) is 9.79. The van der Waals surface area contributed by atoms with Gasteiger partial charge >= 0.3 is 0 Å². The minimum atomic E-state index is -0.427. The maximum atomic E-state index is 10.8. The lowest BCUT2D eigenvalue weighted by Gasteiger charge is -2.06. The van der Waals surface area contributed by atoms with Crippen molar-refractivity contribution in [1.29, 1.82) is 0 Å². The van der Waals surface area contributed by atoms with Crippen molar-refractivity contribution >= 4 is 16.7 Å². The lowest BCUT2D eigenvalue weighted by atomic mass is 10.1. The highest BCUT2D eigenvalue weighted by molar-refractivity contribution is 5.79. The van der Waals surface area contributed by atoms with Gasteiger partial charge in [0, 0.05) is 41.7 Å². The first-order chi connectivity index (χ1) is 11.7. The molecule has 0 saturated heterocycles. The first-order valence-electron chi connectivity index (χ1n) is 7.72. The molecule has 0 saturated carbocycles. The molecule has 0 spiro atoms. The summed E-state index contributed by atoms with van der Waals surface area (Å²) in [5.74, 6) is 0.620. The summed E-state index contributed by atoms with van der Waals surface area (Å²) in [5.41, 5.74) is 3.94. The Bertz CT molecular complexity index is 1040. The Morgan fingerprint density at radius 1 is 1.17 bits per heavy atom. The predicted octanol–water partition coefficient (Wildman–Crippen LogP) is 3.70. The minimum Gasteiger partial charge on any atom is -0.287 e. The fourth-order valence-corrected chi connectivity index (χ4v) is 2.79. The zero-order valence-electron chi connectivity index (χ0n) is 13.1. The number of hydrogen-bond acceptors (Lipinski definition) is 5. The topological polar surface area (TPSA) is 72.5 Å². The van der Waals surface area contributed by atoms with Crippen LogP contribution in [0.15, 0.2) is 60.3 Å². The Labute approximate surface area is 138 Å². The first-order valence-corrected chi connectivity index (χ1v) is 7.72. The number of hydrogen-bond donors (Lipinski definition) is 0. The van der Waals surface area contributed by atoms with Crippen molar-refractivity contribution in [2.24, 2.45) is 5.18 Å². The summed E-state index contributed by atoms with van der Waals surface area (Å²) < 4.78 is 1.92. The van der Waals surface area contributed by atoms with E-state index in [1.165, 1.54) is 5.56 Å². The van der Waals surface area contributed by atoms with E-state index in [1.54, 1.807) is 19.3 Å². The van der Waals surface area contributed by atoms with Crippen LogP contribution in [0.25, 0.3) is 16.7 Å². The third-order valence-corrected chi connectivity index (χ3v) is 4.15. The first kappa shape index (κ1) is 14.4. The van der Waals surface area contributed by atoms with Crippen molar-refractivity contribution < 1.29 is 0 Å². The summed E-state index contributed by atoms with van der Waals surface area (Å²) in [4.78, 5) is 23.8. The highest BCUT2D eigenvalue weighted by Crippen LogP contribution is 2.19. The quantitative estimate of drug-likeness (QED) is 0.538. The Hall–Kier alpha value is -3.15. The molecule has 3 heterocycles. The number of rotatable bonds is 4. The second-order valence-electron chi connectivity index (χ2n) is 5.80. The molecule has 6 nitrogen and oxygen atoms in total. The molecule has 0 fully saturated rings. The van der Waals surface area contributed by atoms with E-state index in [0.29, 0.717) is 5.78 Å². The average Bonchev–Trinajstić information content (AvgIpc) is 3.03. The SMILES string of the molecule is CC(N=O)c1cnc2ncc(Cc3ccc4ncccc4c3)n2c1. The van der Waals surface area contributed by atoms with Crippen LogP contribution >= 0.6 is 0 Å². The van der Waals surface area contributed by atoms with Gasteiger partial charge in [0.2, 0.25) is 5.78 Å². The van der Waals surface area contributed by atoms with Crippen molar-refractivity contribution in [2.75, 3.05) is 0 Å². The molecule has 0 N–H and O–H groups in total. The molecular formula is C18H15N5O. The van der Waals surface area contributed by atoms with Gasteiger partial charge in [-0.2, -0.15) is 4.91 Å². The Morgan fingerprint density at radius 3 is 2.92 bits per heavy atom. The number of imidazole rings is 1. The molecule has 0 amide bonds. The smallest absolute Gasteiger partial charge is 0.233 e. The average molecular weight is 317 g/mol. The lowest BCUT2D eigenvalue weighted by Crippen LogP contribution is -2.00. The molecule has 3 aromatic heterocycles. The number of nitroso groups, excluding NO2 is 1. The summed E-state index contributed by atoms with van der Waals surface area (Å²) in [6.45, 7) is 1.75. The number of benzene rings is 1. The van der Waals surface area contributed by atoms with Gasteiger partial charge in [0.15, 0.2) is 0 Å². The second-order valence-corrected chi connectivity index (χ2v) is 5.80. The van der Waals surface area contributed by atoms with Gasteiger partial charge in [0.1, 0.15) is 6.04 Å². The Kier molecular flexibility index (Phi) is 3.49. The van der Waals surface area contributed by atoms with Gasteiger partial charge in [-0.1, -0.05) is 17.3 Å². The van der Waals surface area contributed by atoms with Crippen LogP contribution in [-0.4, -0.2) is 19.4 Å². The molecule has 4 aromatic rings. The zero-order chi connectivity index (χ0) is 16.5. The second kappa shape index (κ2) is 5.81. The van der Waals surface area contributed by atoms with E-state index in [1.807, 2.05) is 28.9 Å². The molecule has 4 rings (SSSR count). The lowest BCUT2D eigenvalue weighted by molar-refractivity contribution is 0.790. The van der Waals surface area contributed by atoms with Crippen LogP contribution in [0.5, 0.6) is 0 Å². The van der Waals surface area contributed by atoms with Gasteiger partial charge in [-0.05, 0) is 30.7 Å². The third kappa shape index (κ3) is 2.52. The molecule has 0 bridgehead atoms. The summed E-state index contributed by atoms with van der Waals surface area (Å²) in [7, 11) is 0. The molecule has 118 valence electrons. The van der Waals surface area contributed by atoms with Crippen molar-refractivity contribution in [3.8, 4) is 0 Å². The van der Waals surface area contributed by atoms with E-state index in [2.05, 4.69) is 38.3 Å². The zero-order valence-corrected chi connectivity index (χ0v) is 13.1. The third-order valence-electron chi connectivity index (χ3n) is 4.15. The van der Waals surface area contributed by atoms with Crippen molar-refractivity contribution in [3.05, 3.63) is 76.8 Å². The van der Waals surface area contributed by atoms with Crippen molar-refractivity contribution in [1.82, 2.24) is 19.4 Å². The summed E-state index contributed by atoms with van der Waals surface area (Å²) >= 11 is 0. The molecule has 6 heteroatoms.